The van der Waals surface area contributed by atoms with Gasteiger partial charge < -0.3 is 15.7 Å². The highest BCUT2D eigenvalue weighted by atomic mass is 16.1. The Bertz CT molecular complexity index is 1460. The van der Waals surface area contributed by atoms with Gasteiger partial charge in [0.2, 0.25) is 0 Å². The van der Waals surface area contributed by atoms with Gasteiger partial charge in [0.25, 0.3) is 0 Å². The van der Waals surface area contributed by atoms with E-state index < -0.39 is 0 Å². The fourth-order valence-electron chi connectivity index (χ4n) is 4.01. The quantitative estimate of drug-likeness (QED) is 0.383. The molecule has 0 aliphatic rings. The number of anilines is 1. The maximum Gasteiger partial charge on any atom is 0.331 e. The zero-order chi connectivity index (χ0) is 21.9. The van der Waals surface area contributed by atoms with Crippen LogP contribution in [0.25, 0.3) is 33.4 Å². The summed E-state index contributed by atoms with van der Waals surface area (Å²) in [5, 5.41) is 0. The molecule has 0 unspecified atom stereocenters. The van der Waals surface area contributed by atoms with Crippen molar-refractivity contribution in [3.63, 3.8) is 0 Å². The summed E-state index contributed by atoms with van der Waals surface area (Å²) < 4.78 is 3.15. The number of rotatable bonds is 2. The Kier molecular flexibility index (Phi) is 3.98. The molecule has 0 saturated heterocycles. The van der Waals surface area contributed by atoms with Crippen molar-refractivity contribution in [3.05, 3.63) is 87.2 Å². The number of para-hydroxylation sites is 4. The molecule has 5 aromatic rings. The van der Waals surface area contributed by atoms with E-state index in [1.165, 1.54) is 0 Å². The van der Waals surface area contributed by atoms with Gasteiger partial charge in [0.1, 0.15) is 0 Å². The van der Waals surface area contributed by atoms with Gasteiger partial charge in [0.15, 0.2) is 0 Å². The topological polar surface area (TPSA) is 102 Å². The fourth-order valence-corrected chi connectivity index (χ4v) is 4.01. The third-order valence-corrected chi connectivity index (χ3v) is 5.66. The first kappa shape index (κ1) is 19.0. The SMILES string of the molecule is CC(C)(C)c1cc(-n2c(=O)[nH]c3ccccc32)c(N)c(-n2c(=O)[nH]c3ccccc32)c1. The molecule has 0 saturated carbocycles. The number of fused-ring (bicyclic) bond motifs is 2. The minimum Gasteiger partial charge on any atom is -0.395 e. The van der Waals surface area contributed by atoms with Gasteiger partial charge in [0.05, 0.1) is 39.1 Å². The van der Waals surface area contributed by atoms with E-state index in [0.29, 0.717) is 17.1 Å². The second kappa shape index (κ2) is 6.50. The van der Waals surface area contributed by atoms with Crippen LogP contribution in [0.1, 0.15) is 26.3 Å². The molecule has 2 heterocycles. The predicted molar refractivity (Wildman–Crippen MR) is 124 cm³/mol. The Morgan fingerprint density at radius 1 is 0.742 bits per heavy atom. The van der Waals surface area contributed by atoms with Crippen LogP contribution in [0.4, 0.5) is 5.69 Å². The van der Waals surface area contributed by atoms with E-state index in [1.807, 2.05) is 60.7 Å². The van der Waals surface area contributed by atoms with Crippen molar-refractivity contribution in [2.75, 3.05) is 5.73 Å². The molecular formula is C24H23N5O2. The van der Waals surface area contributed by atoms with Crippen LogP contribution in [-0.4, -0.2) is 19.1 Å². The van der Waals surface area contributed by atoms with Gasteiger partial charge in [-0.1, -0.05) is 45.0 Å². The lowest BCUT2D eigenvalue weighted by Gasteiger charge is -2.23. The monoisotopic (exact) mass is 413 g/mol. The van der Waals surface area contributed by atoms with Crippen LogP contribution >= 0.6 is 0 Å². The van der Waals surface area contributed by atoms with Crippen molar-refractivity contribution in [1.29, 1.82) is 0 Å². The lowest BCUT2D eigenvalue weighted by Crippen LogP contribution is -2.22. The minimum atomic E-state index is -0.281. The van der Waals surface area contributed by atoms with Gasteiger partial charge >= 0.3 is 11.4 Å². The molecule has 5 rings (SSSR count). The van der Waals surface area contributed by atoms with Crippen molar-refractivity contribution in [2.24, 2.45) is 0 Å². The molecule has 0 amide bonds. The zero-order valence-corrected chi connectivity index (χ0v) is 17.6. The summed E-state index contributed by atoms with van der Waals surface area (Å²) in [5.74, 6) is 0. The molecule has 0 aliphatic heterocycles. The van der Waals surface area contributed by atoms with Crippen molar-refractivity contribution in [3.8, 4) is 11.4 Å². The van der Waals surface area contributed by atoms with Crippen molar-refractivity contribution < 1.29 is 0 Å². The van der Waals surface area contributed by atoms with E-state index in [9.17, 15) is 9.59 Å². The fraction of sp³-hybridized carbons (Fsp3) is 0.167. The van der Waals surface area contributed by atoms with Crippen LogP contribution in [0.2, 0.25) is 0 Å². The molecule has 0 aliphatic carbocycles. The third kappa shape index (κ3) is 2.89. The van der Waals surface area contributed by atoms with Crippen LogP contribution in [0.15, 0.2) is 70.3 Å². The highest BCUT2D eigenvalue weighted by molar-refractivity contribution is 5.84. The number of benzene rings is 3. The first-order chi connectivity index (χ1) is 14.8. The summed E-state index contributed by atoms with van der Waals surface area (Å²) in [5.41, 5.74) is 11.1. The minimum absolute atomic E-state index is 0.233. The Balaban J connectivity index is 1.92. The van der Waals surface area contributed by atoms with E-state index in [2.05, 4.69) is 30.7 Å². The number of nitrogens with two attached hydrogens (primary N) is 1. The Morgan fingerprint density at radius 3 is 1.58 bits per heavy atom. The van der Waals surface area contributed by atoms with Crippen LogP contribution in [0.3, 0.4) is 0 Å². The molecule has 0 bridgehead atoms. The summed E-state index contributed by atoms with van der Waals surface area (Å²) in [4.78, 5) is 31.6. The standard InChI is InChI=1S/C24H23N5O2/c1-24(2,3)14-12-19(28-17-10-6-4-8-15(17)26-22(28)30)21(25)20(13-14)29-18-11-7-5-9-16(18)27-23(29)31/h4-13H,25H2,1-3H3,(H,26,30)(H,27,31). The molecule has 2 aromatic heterocycles. The Hall–Kier alpha value is -4.00. The summed E-state index contributed by atoms with van der Waals surface area (Å²) in [6, 6.07) is 18.8. The normalized spacial score (nSPS) is 12.1. The highest BCUT2D eigenvalue weighted by Crippen LogP contribution is 2.34. The molecule has 156 valence electrons. The van der Waals surface area contributed by atoms with Gasteiger partial charge in [-0.05, 0) is 47.4 Å². The second-order valence-corrected chi connectivity index (χ2v) is 8.74. The molecule has 0 radical (unpaired) electrons. The molecule has 7 heteroatoms. The molecule has 31 heavy (non-hydrogen) atoms. The maximum absolute atomic E-state index is 12.9. The number of hydrogen-bond acceptors (Lipinski definition) is 3. The average molecular weight is 413 g/mol. The molecule has 4 N–H and O–H groups in total. The summed E-state index contributed by atoms with van der Waals surface area (Å²) in [6.07, 6.45) is 0. The van der Waals surface area contributed by atoms with Crippen molar-refractivity contribution in [2.45, 2.75) is 26.2 Å². The molecule has 0 spiro atoms. The van der Waals surface area contributed by atoms with Crippen molar-refractivity contribution in [1.82, 2.24) is 19.1 Å². The first-order valence-corrected chi connectivity index (χ1v) is 10.1. The summed E-state index contributed by atoms with van der Waals surface area (Å²) in [6.45, 7) is 6.26. The largest absolute Gasteiger partial charge is 0.395 e. The van der Waals surface area contributed by atoms with E-state index >= 15 is 0 Å². The first-order valence-electron chi connectivity index (χ1n) is 10.1. The summed E-state index contributed by atoms with van der Waals surface area (Å²) in [7, 11) is 0. The molecule has 0 atom stereocenters. The van der Waals surface area contributed by atoms with Gasteiger partial charge in [0, 0.05) is 0 Å². The van der Waals surface area contributed by atoms with Crippen LogP contribution in [0.5, 0.6) is 0 Å². The number of H-pyrrole nitrogens is 2. The van der Waals surface area contributed by atoms with E-state index in [0.717, 1.165) is 27.6 Å². The van der Waals surface area contributed by atoms with Gasteiger partial charge in [-0.25, -0.2) is 9.59 Å². The smallest absolute Gasteiger partial charge is 0.331 e. The van der Waals surface area contributed by atoms with Gasteiger partial charge in [-0.3, -0.25) is 9.13 Å². The lowest BCUT2D eigenvalue weighted by molar-refractivity contribution is 0.589. The highest BCUT2D eigenvalue weighted by Gasteiger charge is 2.23. The maximum atomic E-state index is 12.9. The van der Waals surface area contributed by atoms with Gasteiger partial charge in [-0.15, -0.1) is 0 Å². The van der Waals surface area contributed by atoms with E-state index in [4.69, 9.17) is 5.73 Å². The number of aromatic amines is 2. The number of nitrogens with one attached hydrogen (secondary N) is 2. The average Bonchev–Trinajstić information content (AvgIpc) is 3.23. The Labute approximate surface area is 177 Å². The predicted octanol–water partition coefficient (Wildman–Crippen LogP) is 3.83. The Morgan fingerprint density at radius 2 is 1.16 bits per heavy atom. The number of hydrogen-bond donors (Lipinski definition) is 3. The lowest BCUT2D eigenvalue weighted by atomic mass is 9.86. The number of imidazole rings is 2. The molecule has 7 nitrogen and oxygen atoms in total. The second-order valence-electron chi connectivity index (χ2n) is 8.74. The molecule has 3 aromatic carbocycles. The third-order valence-electron chi connectivity index (χ3n) is 5.66. The van der Waals surface area contributed by atoms with Crippen molar-refractivity contribution >= 4 is 27.8 Å². The number of nitrogens with zero attached hydrogens (tertiary/aromatic N) is 2. The van der Waals surface area contributed by atoms with Crippen LogP contribution < -0.4 is 17.1 Å². The van der Waals surface area contributed by atoms with Crippen LogP contribution in [-0.2, 0) is 5.41 Å². The molecule has 0 fully saturated rings. The van der Waals surface area contributed by atoms with Gasteiger partial charge in [-0.2, -0.15) is 0 Å². The molecular weight excluding hydrogens is 390 g/mol. The zero-order valence-electron chi connectivity index (χ0n) is 17.6. The summed E-state index contributed by atoms with van der Waals surface area (Å²) >= 11 is 0. The number of nitrogen functional groups attached to an aromatic ring is 1. The van der Waals surface area contributed by atoms with E-state index in [-0.39, 0.29) is 16.8 Å². The number of aromatic nitrogens is 4. The van der Waals surface area contributed by atoms with E-state index in [1.54, 1.807) is 9.13 Å². The van der Waals surface area contributed by atoms with Crippen LogP contribution in [0, 0.1) is 0 Å².